The minimum Gasteiger partial charge on any atom is -0.384 e. The predicted octanol–water partition coefficient (Wildman–Crippen LogP) is 1.99. The van der Waals surface area contributed by atoms with Crippen molar-refractivity contribution in [3.05, 3.63) is 21.9 Å². The molecule has 2 N–H and O–H groups in total. The first-order chi connectivity index (χ1) is 9.29. The van der Waals surface area contributed by atoms with E-state index < -0.39 is 0 Å². The van der Waals surface area contributed by atoms with E-state index in [4.69, 9.17) is 5.11 Å². The van der Waals surface area contributed by atoms with Gasteiger partial charge in [-0.1, -0.05) is 18.3 Å². The first kappa shape index (κ1) is 14.4. The smallest absolute Gasteiger partial charge is 0.233 e. The number of aliphatic hydroxyl groups excluding tert-OH is 1. The lowest BCUT2D eigenvalue weighted by atomic mass is 10.2. The second kappa shape index (κ2) is 7.59. The first-order valence-corrected chi connectivity index (χ1v) is 8.24. The van der Waals surface area contributed by atoms with Crippen molar-refractivity contribution in [3.63, 3.8) is 0 Å². The van der Waals surface area contributed by atoms with Gasteiger partial charge in [0.2, 0.25) is 5.91 Å². The first-order valence-electron chi connectivity index (χ1n) is 6.37. The number of thiophene rings is 1. The molecule has 102 valence electrons. The molecule has 0 aromatic carbocycles. The number of hydrogen-bond acceptors (Lipinski definition) is 4. The van der Waals surface area contributed by atoms with Crippen LogP contribution in [-0.4, -0.2) is 28.6 Å². The summed E-state index contributed by atoms with van der Waals surface area (Å²) in [5.41, 5.74) is 0. The van der Waals surface area contributed by atoms with Crippen LogP contribution in [0.3, 0.4) is 0 Å². The van der Waals surface area contributed by atoms with E-state index in [-0.39, 0.29) is 17.8 Å². The van der Waals surface area contributed by atoms with Crippen molar-refractivity contribution in [1.29, 1.82) is 0 Å². The van der Waals surface area contributed by atoms with Gasteiger partial charge in [-0.15, -0.1) is 23.1 Å². The average Bonchev–Trinajstić information content (AvgIpc) is 2.91. The Hall–Kier alpha value is -0.960. The molecule has 1 aliphatic heterocycles. The summed E-state index contributed by atoms with van der Waals surface area (Å²) in [5, 5.41) is 11.7. The van der Waals surface area contributed by atoms with Crippen LogP contribution in [0.2, 0.25) is 0 Å². The van der Waals surface area contributed by atoms with Crippen LogP contribution < -0.4 is 5.32 Å². The van der Waals surface area contributed by atoms with Gasteiger partial charge in [0.05, 0.1) is 16.7 Å². The monoisotopic (exact) mass is 295 g/mol. The molecule has 0 radical (unpaired) electrons. The molecule has 19 heavy (non-hydrogen) atoms. The van der Waals surface area contributed by atoms with Crippen molar-refractivity contribution in [2.45, 2.75) is 31.1 Å². The SMILES string of the molecule is O=C(NCc1ccc(C#CCO)s1)C1CCCCS1. The maximum atomic E-state index is 12.0. The Bertz CT molecular complexity index is 481. The number of carbonyl (C=O) groups is 1. The minimum atomic E-state index is -0.122. The van der Waals surface area contributed by atoms with Gasteiger partial charge < -0.3 is 10.4 Å². The summed E-state index contributed by atoms with van der Waals surface area (Å²) in [7, 11) is 0. The van der Waals surface area contributed by atoms with Crippen molar-refractivity contribution >= 4 is 29.0 Å². The molecule has 1 amide bonds. The molecule has 2 rings (SSSR count). The van der Waals surface area contributed by atoms with E-state index in [0.717, 1.165) is 28.3 Å². The zero-order valence-corrected chi connectivity index (χ0v) is 12.3. The Morgan fingerprint density at radius 1 is 1.47 bits per heavy atom. The average molecular weight is 295 g/mol. The van der Waals surface area contributed by atoms with E-state index >= 15 is 0 Å². The summed E-state index contributed by atoms with van der Waals surface area (Å²) < 4.78 is 0. The number of thioether (sulfide) groups is 1. The van der Waals surface area contributed by atoms with Gasteiger partial charge in [-0.05, 0) is 30.7 Å². The van der Waals surface area contributed by atoms with Gasteiger partial charge in [-0.25, -0.2) is 0 Å². The summed E-state index contributed by atoms with van der Waals surface area (Å²) in [6.07, 6.45) is 3.38. The maximum absolute atomic E-state index is 12.0. The van der Waals surface area contributed by atoms with Crippen LogP contribution in [0.5, 0.6) is 0 Å². The molecule has 1 fully saturated rings. The maximum Gasteiger partial charge on any atom is 0.233 e. The van der Waals surface area contributed by atoms with Crippen LogP contribution in [0.1, 0.15) is 29.0 Å². The van der Waals surface area contributed by atoms with E-state index in [0.29, 0.717) is 6.54 Å². The second-order valence-corrected chi connectivity index (χ2v) is 6.78. The van der Waals surface area contributed by atoms with Gasteiger partial charge in [-0.2, -0.15) is 0 Å². The van der Waals surface area contributed by atoms with Crippen LogP contribution >= 0.6 is 23.1 Å². The van der Waals surface area contributed by atoms with Gasteiger partial charge in [0, 0.05) is 4.88 Å². The third-order valence-electron chi connectivity index (χ3n) is 2.86. The highest BCUT2D eigenvalue weighted by Crippen LogP contribution is 2.25. The molecule has 0 aliphatic carbocycles. The lowest BCUT2D eigenvalue weighted by Gasteiger charge is -2.20. The van der Waals surface area contributed by atoms with Gasteiger partial charge >= 0.3 is 0 Å². The van der Waals surface area contributed by atoms with Crippen molar-refractivity contribution in [2.24, 2.45) is 0 Å². The van der Waals surface area contributed by atoms with Crippen LogP contribution in [-0.2, 0) is 11.3 Å². The van der Waals surface area contributed by atoms with Gasteiger partial charge in [0.25, 0.3) is 0 Å². The zero-order valence-electron chi connectivity index (χ0n) is 10.6. The molecule has 2 heterocycles. The van der Waals surface area contributed by atoms with Crippen LogP contribution in [0.25, 0.3) is 0 Å². The van der Waals surface area contributed by atoms with Crippen molar-refractivity contribution in [3.8, 4) is 11.8 Å². The largest absolute Gasteiger partial charge is 0.384 e. The third kappa shape index (κ3) is 4.57. The molecule has 3 nitrogen and oxygen atoms in total. The highest BCUT2D eigenvalue weighted by Gasteiger charge is 2.21. The Kier molecular flexibility index (Phi) is 5.77. The van der Waals surface area contributed by atoms with E-state index in [1.54, 1.807) is 23.1 Å². The van der Waals surface area contributed by atoms with Crippen molar-refractivity contribution < 1.29 is 9.90 Å². The van der Waals surface area contributed by atoms with Crippen molar-refractivity contribution in [1.82, 2.24) is 5.32 Å². The summed E-state index contributed by atoms with van der Waals surface area (Å²) in [6.45, 7) is 0.449. The zero-order chi connectivity index (χ0) is 13.5. The third-order valence-corrected chi connectivity index (χ3v) is 5.24. The molecule has 0 spiro atoms. The van der Waals surface area contributed by atoms with Gasteiger partial charge in [0.15, 0.2) is 0 Å². The Labute approximate surface area is 121 Å². The molecule has 0 bridgehead atoms. The fourth-order valence-electron chi connectivity index (χ4n) is 1.90. The van der Waals surface area contributed by atoms with Crippen LogP contribution in [0.15, 0.2) is 12.1 Å². The molecule has 1 aromatic rings. The van der Waals surface area contributed by atoms with E-state index in [1.807, 2.05) is 12.1 Å². The van der Waals surface area contributed by atoms with Gasteiger partial charge in [-0.3, -0.25) is 4.79 Å². The van der Waals surface area contributed by atoms with E-state index in [1.165, 1.54) is 6.42 Å². The Morgan fingerprint density at radius 3 is 3.11 bits per heavy atom. The number of amides is 1. The highest BCUT2D eigenvalue weighted by molar-refractivity contribution is 8.00. The fraction of sp³-hybridized carbons (Fsp3) is 0.500. The Balaban J connectivity index is 1.81. The standard InChI is InChI=1S/C14H17NO2S2/c16-8-3-4-11-6-7-12(19-11)10-15-14(17)13-5-1-2-9-18-13/h6-7,13,16H,1-2,5,8-10H2,(H,15,17). The van der Waals surface area contributed by atoms with E-state index in [9.17, 15) is 4.79 Å². The van der Waals surface area contributed by atoms with Crippen LogP contribution in [0.4, 0.5) is 0 Å². The van der Waals surface area contributed by atoms with Gasteiger partial charge in [0.1, 0.15) is 6.61 Å². The predicted molar refractivity (Wildman–Crippen MR) is 80.2 cm³/mol. The molecule has 1 saturated heterocycles. The summed E-state index contributed by atoms with van der Waals surface area (Å²) in [5.74, 6) is 6.74. The lowest BCUT2D eigenvalue weighted by Crippen LogP contribution is -2.33. The number of carbonyl (C=O) groups excluding carboxylic acids is 1. The molecular weight excluding hydrogens is 278 g/mol. The molecule has 1 unspecified atom stereocenters. The van der Waals surface area contributed by atoms with Crippen LogP contribution in [0, 0.1) is 11.8 Å². The molecule has 1 aromatic heterocycles. The fourth-order valence-corrected chi connectivity index (χ4v) is 3.95. The number of hydrogen-bond donors (Lipinski definition) is 2. The molecule has 1 aliphatic rings. The molecule has 0 saturated carbocycles. The second-order valence-electron chi connectivity index (χ2n) is 4.30. The van der Waals surface area contributed by atoms with E-state index in [2.05, 4.69) is 17.2 Å². The normalized spacial score (nSPS) is 18.5. The van der Waals surface area contributed by atoms with Crippen molar-refractivity contribution in [2.75, 3.05) is 12.4 Å². The quantitative estimate of drug-likeness (QED) is 0.839. The highest BCUT2D eigenvalue weighted by atomic mass is 32.2. The molecular formula is C14H17NO2S2. The Morgan fingerprint density at radius 2 is 2.37 bits per heavy atom. The minimum absolute atomic E-state index is 0.122. The lowest BCUT2D eigenvalue weighted by molar-refractivity contribution is -0.120. The number of rotatable bonds is 3. The number of aliphatic hydroxyl groups is 1. The number of nitrogens with one attached hydrogen (secondary N) is 1. The molecule has 1 atom stereocenters. The summed E-state index contributed by atoms with van der Waals surface area (Å²) >= 11 is 3.32. The topological polar surface area (TPSA) is 49.3 Å². The summed E-state index contributed by atoms with van der Waals surface area (Å²) in [4.78, 5) is 14.0. The summed E-state index contributed by atoms with van der Waals surface area (Å²) in [6, 6.07) is 3.89. The molecule has 5 heteroatoms.